The summed E-state index contributed by atoms with van der Waals surface area (Å²) in [6.45, 7) is 3.13. The molecule has 0 aliphatic carbocycles. The van der Waals surface area contributed by atoms with Gasteiger partial charge in [-0.15, -0.1) is 0 Å². The van der Waals surface area contributed by atoms with Gasteiger partial charge in [0.1, 0.15) is 29.6 Å². The van der Waals surface area contributed by atoms with Gasteiger partial charge in [-0.1, -0.05) is 23.2 Å². The predicted octanol–water partition coefficient (Wildman–Crippen LogP) is 5.37. The second-order valence-corrected chi connectivity index (χ2v) is 8.61. The van der Waals surface area contributed by atoms with Gasteiger partial charge in [-0.25, -0.2) is 4.68 Å². The molecule has 0 atom stereocenters. The summed E-state index contributed by atoms with van der Waals surface area (Å²) in [4.78, 5) is 34.3. The van der Waals surface area contributed by atoms with Gasteiger partial charge in [0, 0.05) is 23.4 Å². The summed E-state index contributed by atoms with van der Waals surface area (Å²) in [6, 6.07) is 9.68. The zero-order chi connectivity index (χ0) is 26.9. The summed E-state index contributed by atoms with van der Waals surface area (Å²) in [5, 5.41) is 34.1. The van der Waals surface area contributed by atoms with Crippen LogP contribution in [0.5, 0.6) is 11.5 Å². The van der Waals surface area contributed by atoms with Crippen molar-refractivity contribution in [1.82, 2.24) is 19.6 Å². The van der Waals surface area contributed by atoms with Crippen molar-refractivity contribution in [2.45, 2.75) is 20.5 Å². The molecule has 37 heavy (non-hydrogen) atoms. The number of benzene rings is 2. The van der Waals surface area contributed by atoms with Crippen molar-refractivity contribution in [1.29, 1.82) is 0 Å². The predicted molar refractivity (Wildman–Crippen MR) is 134 cm³/mol. The molecule has 13 nitrogen and oxygen atoms in total. The van der Waals surface area contributed by atoms with E-state index >= 15 is 0 Å². The maximum Gasteiger partial charge on any atom is 0.312 e. The summed E-state index contributed by atoms with van der Waals surface area (Å²) in [6.07, 6.45) is 1.50. The van der Waals surface area contributed by atoms with E-state index in [-0.39, 0.29) is 51.6 Å². The number of halogens is 2. The van der Waals surface area contributed by atoms with Crippen LogP contribution in [0.3, 0.4) is 0 Å². The molecule has 4 rings (SSSR count). The highest BCUT2D eigenvalue weighted by Gasteiger charge is 2.22. The van der Waals surface area contributed by atoms with Crippen LogP contribution in [-0.2, 0) is 6.67 Å². The van der Waals surface area contributed by atoms with Gasteiger partial charge in [0.25, 0.3) is 11.6 Å². The number of anilines is 1. The second-order valence-electron chi connectivity index (χ2n) is 7.76. The van der Waals surface area contributed by atoms with Crippen LogP contribution >= 0.6 is 23.2 Å². The van der Waals surface area contributed by atoms with Crippen LogP contribution in [0.4, 0.5) is 17.1 Å². The van der Waals surface area contributed by atoms with Gasteiger partial charge in [0.05, 0.1) is 26.6 Å². The topological polar surface area (TPSA) is 160 Å². The van der Waals surface area contributed by atoms with Crippen LogP contribution in [0.2, 0.25) is 10.0 Å². The van der Waals surface area contributed by atoms with Crippen LogP contribution < -0.4 is 10.1 Å². The van der Waals surface area contributed by atoms with E-state index in [0.29, 0.717) is 10.7 Å². The molecule has 1 amide bonds. The molecule has 0 radical (unpaired) electrons. The highest BCUT2D eigenvalue weighted by atomic mass is 35.5. The Kier molecular flexibility index (Phi) is 7.09. The summed E-state index contributed by atoms with van der Waals surface area (Å²) in [5.41, 5.74) is 0.280. The molecule has 0 aliphatic heterocycles. The first-order chi connectivity index (χ1) is 17.5. The molecule has 1 N–H and O–H groups in total. The van der Waals surface area contributed by atoms with E-state index in [4.69, 9.17) is 27.9 Å². The van der Waals surface area contributed by atoms with Crippen LogP contribution in [0.15, 0.2) is 48.7 Å². The fourth-order valence-electron chi connectivity index (χ4n) is 3.49. The number of nitro groups is 2. The number of rotatable bonds is 8. The van der Waals surface area contributed by atoms with Gasteiger partial charge in [0.15, 0.2) is 5.69 Å². The van der Waals surface area contributed by atoms with Gasteiger partial charge in [-0.2, -0.15) is 10.2 Å². The molecule has 0 spiro atoms. The number of amides is 1. The highest BCUT2D eigenvalue weighted by molar-refractivity contribution is 6.35. The summed E-state index contributed by atoms with van der Waals surface area (Å²) >= 11 is 12.0. The number of aromatic nitrogens is 4. The Labute approximate surface area is 218 Å². The van der Waals surface area contributed by atoms with Gasteiger partial charge in [-0.3, -0.25) is 29.7 Å². The number of hydrogen-bond acceptors (Lipinski definition) is 8. The average molecular weight is 546 g/mol. The van der Waals surface area contributed by atoms with Crippen LogP contribution in [0.25, 0.3) is 0 Å². The molecule has 2 aromatic carbocycles. The molecule has 0 aliphatic rings. The number of nitrogens with one attached hydrogen (secondary N) is 1. The largest absolute Gasteiger partial charge is 0.455 e. The van der Waals surface area contributed by atoms with Gasteiger partial charge >= 0.3 is 5.69 Å². The molecule has 15 heteroatoms. The summed E-state index contributed by atoms with van der Waals surface area (Å²) in [5.74, 6) is -0.369. The van der Waals surface area contributed by atoms with Gasteiger partial charge in [-0.05, 0) is 38.1 Å². The lowest BCUT2D eigenvalue weighted by Crippen LogP contribution is -2.16. The quantitative estimate of drug-likeness (QED) is 0.228. The number of ether oxygens (including phenoxy) is 1. The molecule has 0 unspecified atom stereocenters. The number of nitro benzene ring substituents is 1. The normalized spacial score (nSPS) is 10.8. The molecular weight excluding hydrogens is 529 g/mol. The Hall–Kier alpha value is -4.49. The Morgan fingerprint density at radius 1 is 1.05 bits per heavy atom. The first-order valence-electron chi connectivity index (χ1n) is 10.5. The van der Waals surface area contributed by atoms with Crippen molar-refractivity contribution in [3.63, 3.8) is 0 Å². The number of carbonyl (C=O) groups is 1. The van der Waals surface area contributed by atoms with E-state index < -0.39 is 15.8 Å². The zero-order valence-corrected chi connectivity index (χ0v) is 20.7. The maximum absolute atomic E-state index is 12.8. The van der Waals surface area contributed by atoms with Crippen molar-refractivity contribution in [2.75, 3.05) is 5.32 Å². The molecule has 0 fully saturated rings. The fraction of sp³-hybridized carbons (Fsp3) is 0.136. The third kappa shape index (κ3) is 5.68. The molecule has 0 saturated heterocycles. The molecule has 2 heterocycles. The maximum atomic E-state index is 12.8. The summed E-state index contributed by atoms with van der Waals surface area (Å²) in [7, 11) is 0. The van der Waals surface area contributed by atoms with Gasteiger partial charge < -0.3 is 10.1 Å². The fourth-order valence-corrected chi connectivity index (χ4v) is 3.94. The van der Waals surface area contributed by atoms with Crippen molar-refractivity contribution >= 4 is 46.2 Å². The van der Waals surface area contributed by atoms with Crippen molar-refractivity contribution in [3.8, 4) is 11.5 Å². The van der Waals surface area contributed by atoms with Crippen molar-refractivity contribution < 1.29 is 19.4 Å². The van der Waals surface area contributed by atoms with Gasteiger partial charge in [0.2, 0.25) is 0 Å². The molecule has 2 aromatic heterocycles. The Balaban J connectivity index is 1.53. The smallest absolute Gasteiger partial charge is 0.312 e. The van der Waals surface area contributed by atoms with E-state index in [2.05, 4.69) is 15.5 Å². The second kappa shape index (κ2) is 10.2. The lowest BCUT2D eigenvalue weighted by molar-refractivity contribution is -0.386. The third-order valence-corrected chi connectivity index (χ3v) is 5.69. The standard InChI is InChI=1S/C22H17Cl2N7O6/c1-12-21(31(35)36)13(2)29(26-12)11-28-6-5-19(27-28)22(32)25-15-8-16(30(33)34)10-17(9-15)37-20-4-3-14(23)7-18(20)24/h3-10H,11H2,1-2H3,(H,25,32). The average Bonchev–Trinajstić information content (AvgIpc) is 3.39. The Morgan fingerprint density at radius 3 is 2.46 bits per heavy atom. The number of non-ortho nitro benzene ring substituents is 1. The lowest BCUT2D eigenvalue weighted by atomic mass is 10.2. The lowest BCUT2D eigenvalue weighted by Gasteiger charge is -2.10. The minimum absolute atomic E-state index is 0.00533. The molecule has 0 bridgehead atoms. The number of nitrogens with zero attached hydrogens (tertiary/aromatic N) is 6. The van der Waals surface area contributed by atoms with Crippen LogP contribution in [0, 0.1) is 34.1 Å². The van der Waals surface area contributed by atoms with E-state index in [1.807, 2.05) is 0 Å². The Morgan fingerprint density at radius 2 is 1.81 bits per heavy atom. The van der Waals surface area contributed by atoms with Crippen molar-refractivity contribution in [2.24, 2.45) is 0 Å². The van der Waals surface area contributed by atoms with E-state index in [0.717, 1.165) is 0 Å². The molecule has 190 valence electrons. The van der Waals surface area contributed by atoms with Crippen LogP contribution in [0.1, 0.15) is 21.9 Å². The summed E-state index contributed by atoms with van der Waals surface area (Å²) < 4.78 is 8.44. The minimum atomic E-state index is -0.644. The van der Waals surface area contributed by atoms with Crippen LogP contribution in [-0.4, -0.2) is 35.3 Å². The molecular formula is C22H17Cl2N7O6. The first kappa shape index (κ1) is 25.6. The minimum Gasteiger partial charge on any atom is -0.455 e. The number of aryl methyl sites for hydroxylation is 1. The molecule has 4 aromatic rings. The Bertz CT molecular complexity index is 1550. The van der Waals surface area contributed by atoms with Crippen molar-refractivity contribution in [3.05, 3.63) is 96.0 Å². The highest BCUT2D eigenvalue weighted by Crippen LogP contribution is 2.34. The monoisotopic (exact) mass is 545 g/mol. The molecule has 0 saturated carbocycles. The van der Waals surface area contributed by atoms with E-state index in [1.54, 1.807) is 13.0 Å². The SMILES string of the molecule is Cc1nn(Cn2ccc(C(=O)Nc3cc(Oc4ccc(Cl)cc4Cl)cc([N+](=O)[O-])c3)n2)c(C)c1[N+](=O)[O-]. The third-order valence-electron chi connectivity index (χ3n) is 5.16. The van der Waals surface area contributed by atoms with E-state index in [9.17, 15) is 25.0 Å². The first-order valence-corrected chi connectivity index (χ1v) is 11.2. The number of carbonyl (C=O) groups excluding carboxylic acids is 1. The number of hydrogen-bond donors (Lipinski definition) is 1. The zero-order valence-electron chi connectivity index (χ0n) is 19.2. The van der Waals surface area contributed by atoms with E-state index in [1.165, 1.54) is 58.9 Å².